The van der Waals surface area contributed by atoms with Crippen molar-refractivity contribution >= 4 is 29.5 Å². The van der Waals surface area contributed by atoms with E-state index in [-0.39, 0.29) is 31.1 Å². The summed E-state index contributed by atoms with van der Waals surface area (Å²) in [5.74, 6) is -3.45. The maximum Gasteiger partial charge on any atom is 0.243 e. The van der Waals surface area contributed by atoms with E-state index in [9.17, 15) is 34.2 Å². The van der Waals surface area contributed by atoms with Crippen LogP contribution in [0.5, 0.6) is 5.75 Å². The number of primary amides is 1. The van der Waals surface area contributed by atoms with Gasteiger partial charge < -0.3 is 42.5 Å². The van der Waals surface area contributed by atoms with Gasteiger partial charge in [-0.1, -0.05) is 56.3 Å². The molecule has 13 heteroatoms. The van der Waals surface area contributed by atoms with Crippen LogP contribution in [0.15, 0.2) is 54.6 Å². The number of aliphatic hydroxyl groups excluding tert-OH is 1. The zero-order chi connectivity index (χ0) is 32.4. The highest BCUT2D eigenvalue weighted by molar-refractivity contribution is 5.96. The molecule has 238 valence electrons. The maximum atomic E-state index is 13.8. The predicted molar refractivity (Wildman–Crippen MR) is 162 cm³/mol. The van der Waals surface area contributed by atoms with E-state index in [1.807, 2.05) is 6.07 Å². The van der Waals surface area contributed by atoms with Gasteiger partial charge in [-0.05, 0) is 42.0 Å². The fraction of sp³-hybridized carbons (Fsp3) is 0.452. The smallest absolute Gasteiger partial charge is 0.243 e. The third-order valence-electron chi connectivity index (χ3n) is 7.55. The largest absolute Gasteiger partial charge is 0.508 e. The molecule has 0 bridgehead atoms. The number of hydrogen-bond acceptors (Lipinski definition) is 8. The molecule has 5 amide bonds. The second-order valence-electron chi connectivity index (χ2n) is 11.3. The number of phenols is 1. The number of benzene rings is 2. The molecule has 0 radical (unpaired) electrons. The van der Waals surface area contributed by atoms with Crippen LogP contribution in [0.4, 0.5) is 0 Å². The zero-order valence-corrected chi connectivity index (χ0v) is 24.9. The Kier molecular flexibility index (Phi) is 12.2. The van der Waals surface area contributed by atoms with Gasteiger partial charge in [0.25, 0.3) is 0 Å². The minimum absolute atomic E-state index is 0.00422. The summed E-state index contributed by atoms with van der Waals surface area (Å²) in [6, 6.07) is 9.71. The van der Waals surface area contributed by atoms with Crippen LogP contribution in [0.2, 0.25) is 0 Å². The Labute approximate surface area is 256 Å². The third-order valence-corrected chi connectivity index (χ3v) is 7.55. The molecule has 1 fully saturated rings. The predicted octanol–water partition coefficient (Wildman–Crippen LogP) is -0.916. The number of carbonyl (C=O) groups excluding carboxylic acids is 5. The number of nitrogens with zero attached hydrogens (tertiary/aromatic N) is 1. The van der Waals surface area contributed by atoms with E-state index < -0.39 is 66.4 Å². The molecule has 9 N–H and O–H groups in total. The van der Waals surface area contributed by atoms with Crippen molar-refractivity contribution in [3.63, 3.8) is 0 Å². The Morgan fingerprint density at radius 1 is 0.886 bits per heavy atom. The number of likely N-dealkylation sites (tertiary alicyclic amines) is 1. The fourth-order valence-electron chi connectivity index (χ4n) is 5.09. The van der Waals surface area contributed by atoms with Crippen LogP contribution in [0.3, 0.4) is 0 Å². The number of nitrogens with one attached hydrogen (secondary N) is 3. The molecule has 0 unspecified atom stereocenters. The van der Waals surface area contributed by atoms with Crippen molar-refractivity contribution in [1.29, 1.82) is 0 Å². The summed E-state index contributed by atoms with van der Waals surface area (Å²) >= 11 is 0. The van der Waals surface area contributed by atoms with Gasteiger partial charge in [0.1, 0.15) is 36.0 Å². The number of hydrogen-bond donors (Lipinski definition) is 7. The van der Waals surface area contributed by atoms with E-state index >= 15 is 0 Å². The number of nitrogens with two attached hydrogens (primary N) is 2. The van der Waals surface area contributed by atoms with Crippen LogP contribution in [-0.4, -0.2) is 88.0 Å². The van der Waals surface area contributed by atoms with Crippen LogP contribution >= 0.6 is 0 Å². The summed E-state index contributed by atoms with van der Waals surface area (Å²) in [5, 5.41) is 27.2. The van der Waals surface area contributed by atoms with Gasteiger partial charge in [-0.25, -0.2) is 0 Å². The maximum absolute atomic E-state index is 13.8. The first kappa shape index (κ1) is 34.0. The number of aromatic hydroxyl groups is 1. The van der Waals surface area contributed by atoms with Gasteiger partial charge in [-0.15, -0.1) is 0 Å². The van der Waals surface area contributed by atoms with Gasteiger partial charge in [0.05, 0.1) is 6.61 Å². The Hall–Kier alpha value is -4.49. The molecule has 1 aliphatic rings. The van der Waals surface area contributed by atoms with Gasteiger partial charge in [0, 0.05) is 19.4 Å². The quantitative estimate of drug-likeness (QED) is 0.142. The molecule has 1 saturated heterocycles. The number of amides is 5. The average Bonchev–Trinajstić information content (AvgIpc) is 3.49. The molecule has 1 aliphatic heterocycles. The molecular formula is C31H42N6O7. The Morgan fingerprint density at radius 3 is 2.02 bits per heavy atom. The van der Waals surface area contributed by atoms with Crippen LogP contribution < -0.4 is 27.4 Å². The summed E-state index contributed by atoms with van der Waals surface area (Å²) in [7, 11) is 0. The summed E-state index contributed by atoms with van der Waals surface area (Å²) in [6.45, 7) is 3.16. The molecule has 2 aromatic carbocycles. The first-order valence-corrected chi connectivity index (χ1v) is 14.6. The minimum Gasteiger partial charge on any atom is -0.508 e. The molecule has 3 rings (SSSR count). The van der Waals surface area contributed by atoms with Crippen molar-refractivity contribution in [3.05, 3.63) is 65.7 Å². The molecule has 13 nitrogen and oxygen atoms in total. The van der Waals surface area contributed by atoms with Crippen LogP contribution in [0, 0.1) is 5.92 Å². The van der Waals surface area contributed by atoms with Crippen LogP contribution in [0.25, 0.3) is 0 Å². The lowest BCUT2D eigenvalue weighted by atomic mass is 10.00. The minimum atomic E-state index is -1.18. The number of phenolic OH excluding ortho intramolecular Hbond substituents is 1. The Balaban J connectivity index is 1.87. The van der Waals surface area contributed by atoms with E-state index in [4.69, 9.17) is 11.5 Å². The van der Waals surface area contributed by atoms with E-state index in [0.717, 1.165) is 5.56 Å². The van der Waals surface area contributed by atoms with Gasteiger partial charge >= 0.3 is 0 Å². The van der Waals surface area contributed by atoms with Crippen molar-refractivity contribution in [2.75, 3.05) is 13.2 Å². The van der Waals surface area contributed by atoms with Crippen molar-refractivity contribution < 1.29 is 34.2 Å². The molecule has 44 heavy (non-hydrogen) atoms. The molecule has 1 heterocycles. The average molecular weight is 611 g/mol. The highest BCUT2D eigenvalue weighted by atomic mass is 16.3. The summed E-state index contributed by atoms with van der Waals surface area (Å²) in [5.41, 5.74) is 12.6. The molecule has 2 aromatic rings. The lowest BCUT2D eigenvalue weighted by molar-refractivity contribution is -0.141. The Morgan fingerprint density at radius 2 is 1.45 bits per heavy atom. The number of rotatable bonds is 14. The number of carbonyl (C=O) groups is 5. The lowest BCUT2D eigenvalue weighted by Crippen LogP contribution is -2.59. The van der Waals surface area contributed by atoms with E-state index in [2.05, 4.69) is 16.0 Å². The second kappa shape index (κ2) is 15.8. The topological polar surface area (TPSA) is 217 Å². The fourth-order valence-corrected chi connectivity index (χ4v) is 5.09. The van der Waals surface area contributed by atoms with Gasteiger partial charge in [-0.2, -0.15) is 0 Å². The van der Waals surface area contributed by atoms with Crippen molar-refractivity contribution in [3.8, 4) is 5.75 Å². The summed E-state index contributed by atoms with van der Waals surface area (Å²) in [4.78, 5) is 66.7. The SMILES string of the molecule is CC(C)[C@H](NC(=O)[C@H](Cc1ccccc1)NC(=O)[C@H](Cc1ccc(O)cc1)NC(=O)[C@@H]1CCCN1C(=O)[C@@H](N)CO)C(N)=O. The summed E-state index contributed by atoms with van der Waals surface area (Å²) < 4.78 is 0. The Bertz CT molecular complexity index is 1300. The van der Waals surface area contributed by atoms with E-state index in [0.29, 0.717) is 18.4 Å². The van der Waals surface area contributed by atoms with E-state index in [1.165, 1.54) is 17.0 Å². The third kappa shape index (κ3) is 9.25. The molecule has 0 aliphatic carbocycles. The normalized spacial score (nSPS) is 17.3. The highest BCUT2D eigenvalue weighted by Crippen LogP contribution is 2.19. The molecule has 0 saturated carbocycles. The first-order chi connectivity index (χ1) is 20.9. The highest BCUT2D eigenvalue weighted by Gasteiger charge is 2.38. The molecular weight excluding hydrogens is 568 g/mol. The molecule has 0 aromatic heterocycles. The van der Waals surface area contributed by atoms with Crippen LogP contribution in [0.1, 0.15) is 37.8 Å². The summed E-state index contributed by atoms with van der Waals surface area (Å²) in [6.07, 6.45) is 0.967. The zero-order valence-electron chi connectivity index (χ0n) is 24.9. The lowest BCUT2D eigenvalue weighted by Gasteiger charge is -2.29. The molecule has 5 atom stereocenters. The monoisotopic (exact) mass is 610 g/mol. The number of aliphatic hydroxyl groups is 1. The van der Waals surface area contributed by atoms with Gasteiger partial charge in [0.2, 0.25) is 29.5 Å². The van der Waals surface area contributed by atoms with Crippen molar-refractivity contribution in [2.45, 2.75) is 69.7 Å². The van der Waals surface area contributed by atoms with Crippen LogP contribution in [-0.2, 0) is 36.8 Å². The van der Waals surface area contributed by atoms with Gasteiger partial charge in [-0.3, -0.25) is 24.0 Å². The standard InChI is InChI=1S/C31H42N6O7/c1-18(2)26(27(33)40)36-29(42)24(15-19-7-4-3-5-8-19)34-28(41)23(16-20-10-12-21(39)13-11-20)35-30(43)25-9-6-14-37(25)31(44)22(32)17-38/h3-5,7-8,10-13,18,22-26,38-39H,6,9,14-17,32H2,1-2H3,(H2,33,40)(H,34,41)(H,35,43)(H,36,42)/t22-,23-,24-,25-,26-/m0/s1. The first-order valence-electron chi connectivity index (χ1n) is 14.6. The van der Waals surface area contributed by atoms with Crippen molar-refractivity contribution in [1.82, 2.24) is 20.9 Å². The molecule has 0 spiro atoms. The van der Waals surface area contributed by atoms with Gasteiger partial charge in [0.15, 0.2) is 0 Å². The van der Waals surface area contributed by atoms with Crippen molar-refractivity contribution in [2.24, 2.45) is 17.4 Å². The second-order valence-corrected chi connectivity index (χ2v) is 11.3. The van der Waals surface area contributed by atoms with E-state index in [1.54, 1.807) is 50.2 Å².